The molecule has 1 aromatic rings. The van der Waals surface area contributed by atoms with Crippen LogP contribution in [-0.4, -0.2) is 18.8 Å². The average Bonchev–Trinajstić information content (AvgIpc) is 2.57. The lowest BCUT2D eigenvalue weighted by atomic mass is 10.2. The van der Waals surface area contributed by atoms with Crippen LogP contribution < -0.4 is 5.32 Å². The van der Waals surface area contributed by atoms with E-state index in [1.165, 1.54) is 0 Å². The number of hydrogen-bond donors (Lipinski definition) is 1. The van der Waals surface area contributed by atoms with Gasteiger partial charge in [0.15, 0.2) is 0 Å². The number of likely N-dealkylation sites (N-methyl/N-ethyl adjacent to an activating group) is 1. The monoisotopic (exact) mass is 289 g/mol. The van der Waals surface area contributed by atoms with Crippen molar-refractivity contribution in [3.05, 3.63) is 22.6 Å². The SMILES string of the molecule is CCNC(COC(C)(C)C)c1occc1Br. The summed E-state index contributed by atoms with van der Waals surface area (Å²) < 4.78 is 12.2. The van der Waals surface area contributed by atoms with Crippen LogP contribution in [0.1, 0.15) is 39.5 Å². The Kier molecular flexibility index (Phi) is 5.02. The molecule has 0 aliphatic rings. The van der Waals surface area contributed by atoms with Gasteiger partial charge in [-0.15, -0.1) is 0 Å². The molecule has 0 amide bonds. The molecule has 0 aromatic carbocycles. The molecule has 92 valence electrons. The maximum Gasteiger partial charge on any atom is 0.137 e. The smallest absolute Gasteiger partial charge is 0.137 e. The van der Waals surface area contributed by atoms with E-state index in [-0.39, 0.29) is 11.6 Å². The molecule has 0 fully saturated rings. The summed E-state index contributed by atoms with van der Waals surface area (Å²) in [5, 5.41) is 3.35. The Labute approximate surface area is 106 Å². The minimum atomic E-state index is -0.132. The summed E-state index contributed by atoms with van der Waals surface area (Å²) in [7, 11) is 0. The zero-order chi connectivity index (χ0) is 12.2. The van der Waals surface area contributed by atoms with Gasteiger partial charge >= 0.3 is 0 Å². The van der Waals surface area contributed by atoms with Gasteiger partial charge < -0.3 is 14.5 Å². The quantitative estimate of drug-likeness (QED) is 0.901. The highest BCUT2D eigenvalue weighted by molar-refractivity contribution is 9.10. The van der Waals surface area contributed by atoms with E-state index in [1.807, 2.05) is 26.8 Å². The van der Waals surface area contributed by atoms with E-state index in [0.717, 1.165) is 16.8 Å². The first-order valence-corrected chi connectivity index (χ1v) is 6.33. The molecular weight excluding hydrogens is 270 g/mol. The Bertz CT molecular complexity index is 317. The normalized spacial score (nSPS) is 14.1. The van der Waals surface area contributed by atoms with Gasteiger partial charge in [0.25, 0.3) is 0 Å². The molecule has 3 nitrogen and oxygen atoms in total. The zero-order valence-corrected chi connectivity index (χ0v) is 11.9. The molecule has 0 aliphatic heterocycles. The van der Waals surface area contributed by atoms with Gasteiger partial charge in [0.1, 0.15) is 5.76 Å². The molecule has 0 radical (unpaired) electrons. The van der Waals surface area contributed by atoms with Gasteiger partial charge in [-0.3, -0.25) is 0 Å². The van der Waals surface area contributed by atoms with E-state index >= 15 is 0 Å². The topological polar surface area (TPSA) is 34.4 Å². The van der Waals surface area contributed by atoms with E-state index in [1.54, 1.807) is 6.26 Å². The van der Waals surface area contributed by atoms with Crippen molar-refractivity contribution in [3.63, 3.8) is 0 Å². The summed E-state index contributed by atoms with van der Waals surface area (Å²) in [5.41, 5.74) is -0.132. The first kappa shape index (κ1) is 13.7. The van der Waals surface area contributed by atoms with E-state index in [2.05, 4.69) is 28.2 Å². The summed E-state index contributed by atoms with van der Waals surface area (Å²) >= 11 is 3.47. The van der Waals surface area contributed by atoms with Crippen LogP contribution >= 0.6 is 15.9 Å². The summed E-state index contributed by atoms with van der Waals surface area (Å²) in [6, 6.07) is 1.99. The maximum atomic E-state index is 5.78. The summed E-state index contributed by atoms with van der Waals surface area (Å²) in [4.78, 5) is 0. The van der Waals surface area contributed by atoms with Crippen molar-refractivity contribution in [1.29, 1.82) is 0 Å². The van der Waals surface area contributed by atoms with Gasteiger partial charge in [-0.1, -0.05) is 6.92 Å². The second-order valence-corrected chi connectivity index (χ2v) is 5.52. The largest absolute Gasteiger partial charge is 0.466 e. The highest BCUT2D eigenvalue weighted by Crippen LogP contribution is 2.25. The fourth-order valence-electron chi connectivity index (χ4n) is 1.36. The molecule has 0 aliphatic carbocycles. The molecule has 1 atom stereocenters. The number of rotatable bonds is 5. The predicted octanol–water partition coefficient (Wildman–Crippen LogP) is 3.51. The van der Waals surface area contributed by atoms with E-state index in [9.17, 15) is 0 Å². The molecule has 1 rings (SSSR count). The molecule has 1 N–H and O–H groups in total. The van der Waals surface area contributed by atoms with E-state index < -0.39 is 0 Å². The summed E-state index contributed by atoms with van der Waals surface area (Å²) in [5.74, 6) is 0.895. The van der Waals surface area contributed by atoms with Crippen molar-refractivity contribution in [2.24, 2.45) is 0 Å². The van der Waals surface area contributed by atoms with Crippen LogP contribution in [0.2, 0.25) is 0 Å². The first-order valence-electron chi connectivity index (χ1n) is 5.54. The number of furan rings is 1. The molecule has 1 unspecified atom stereocenters. The average molecular weight is 290 g/mol. The number of halogens is 1. The lowest BCUT2D eigenvalue weighted by Gasteiger charge is -2.24. The standard InChI is InChI=1S/C12H20BrNO2/c1-5-14-10(8-16-12(2,3)4)11-9(13)6-7-15-11/h6-7,10,14H,5,8H2,1-4H3. The second-order valence-electron chi connectivity index (χ2n) is 4.67. The Hall–Kier alpha value is -0.320. The van der Waals surface area contributed by atoms with Crippen molar-refractivity contribution in [1.82, 2.24) is 5.32 Å². The van der Waals surface area contributed by atoms with Crippen LogP contribution in [0.3, 0.4) is 0 Å². The molecule has 16 heavy (non-hydrogen) atoms. The Morgan fingerprint density at radius 3 is 2.62 bits per heavy atom. The van der Waals surface area contributed by atoms with Crippen molar-refractivity contribution in [2.75, 3.05) is 13.2 Å². The lowest BCUT2D eigenvalue weighted by molar-refractivity contribution is -0.0171. The Morgan fingerprint density at radius 1 is 1.50 bits per heavy atom. The van der Waals surface area contributed by atoms with Crippen LogP contribution in [0, 0.1) is 0 Å². The molecule has 1 heterocycles. The zero-order valence-electron chi connectivity index (χ0n) is 10.3. The third kappa shape index (κ3) is 4.28. The molecule has 1 aromatic heterocycles. The van der Waals surface area contributed by atoms with Crippen LogP contribution in [-0.2, 0) is 4.74 Å². The van der Waals surface area contributed by atoms with Gasteiger partial charge in [-0.2, -0.15) is 0 Å². The Balaban J connectivity index is 2.65. The lowest BCUT2D eigenvalue weighted by Crippen LogP contribution is -2.30. The van der Waals surface area contributed by atoms with Crippen molar-refractivity contribution < 1.29 is 9.15 Å². The molecule has 0 spiro atoms. The fourth-order valence-corrected chi connectivity index (χ4v) is 1.84. The van der Waals surface area contributed by atoms with Crippen molar-refractivity contribution in [3.8, 4) is 0 Å². The number of hydrogen-bond acceptors (Lipinski definition) is 3. The number of nitrogens with one attached hydrogen (secondary N) is 1. The van der Waals surface area contributed by atoms with Crippen LogP contribution in [0.5, 0.6) is 0 Å². The molecular formula is C12H20BrNO2. The first-order chi connectivity index (χ1) is 7.44. The highest BCUT2D eigenvalue weighted by atomic mass is 79.9. The molecule has 0 saturated carbocycles. The summed E-state index contributed by atoms with van der Waals surface area (Å²) in [6.45, 7) is 9.70. The van der Waals surface area contributed by atoms with Gasteiger partial charge in [-0.05, 0) is 49.3 Å². The van der Waals surface area contributed by atoms with E-state index in [0.29, 0.717) is 6.61 Å². The van der Waals surface area contributed by atoms with Crippen molar-refractivity contribution >= 4 is 15.9 Å². The van der Waals surface area contributed by atoms with Gasteiger partial charge in [0, 0.05) is 0 Å². The third-order valence-electron chi connectivity index (χ3n) is 2.09. The van der Waals surface area contributed by atoms with Crippen LogP contribution in [0.4, 0.5) is 0 Å². The molecule has 0 saturated heterocycles. The van der Waals surface area contributed by atoms with Crippen LogP contribution in [0.15, 0.2) is 21.2 Å². The second kappa shape index (κ2) is 5.84. The maximum absolute atomic E-state index is 5.78. The third-order valence-corrected chi connectivity index (χ3v) is 2.75. The van der Waals surface area contributed by atoms with Gasteiger partial charge in [-0.25, -0.2) is 0 Å². The highest BCUT2D eigenvalue weighted by Gasteiger charge is 2.20. The molecule has 4 heteroatoms. The van der Waals surface area contributed by atoms with Gasteiger partial charge in [0.05, 0.1) is 29.0 Å². The minimum Gasteiger partial charge on any atom is -0.466 e. The predicted molar refractivity (Wildman–Crippen MR) is 68.5 cm³/mol. The summed E-state index contributed by atoms with van der Waals surface area (Å²) in [6.07, 6.45) is 1.68. The number of ether oxygens (including phenoxy) is 1. The van der Waals surface area contributed by atoms with Gasteiger partial charge in [0.2, 0.25) is 0 Å². The Morgan fingerprint density at radius 2 is 2.19 bits per heavy atom. The van der Waals surface area contributed by atoms with E-state index in [4.69, 9.17) is 9.15 Å². The minimum absolute atomic E-state index is 0.0913. The fraction of sp³-hybridized carbons (Fsp3) is 0.667. The van der Waals surface area contributed by atoms with Crippen molar-refractivity contribution in [2.45, 2.75) is 39.3 Å². The molecule has 0 bridgehead atoms. The van der Waals surface area contributed by atoms with Crippen LogP contribution in [0.25, 0.3) is 0 Å².